The Bertz CT molecular complexity index is 141. The average molecular weight is 186 g/mol. The van der Waals surface area contributed by atoms with Gasteiger partial charge in [0.1, 0.15) is 0 Å². The van der Waals surface area contributed by atoms with Crippen LogP contribution in [0.4, 0.5) is 0 Å². The standard InChI is InChI=1S/C10H22N2O/c1-3-10(13)8-11-7-9-5-4-6-12(9)2/h9-11,13H,3-8H2,1-2H3. The van der Waals surface area contributed by atoms with Gasteiger partial charge in [0.15, 0.2) is 0 Å². The second kappa shape index (κ2) is 5.58. The smallest absolute Gasteiger partial charge is 0.0662 e. The normalized spacial score (nSPS) is 26.5. The van der Waals surface area contributed by atoms with E-state index in [1.807, 2.05) is 6.92 Å². The lowest BCUT2D eigenvalue weighted by Crippen LogP contribution is -2.38. The summed E-state index contributed by atoms with van der Waals surface area (Å²) in [6.07, 6.45) is 3.28. The Morgan fingerprint density at radius 2 is 2.38 bits per heavy atom. The van der Waals surface area contributed by atoms with Crippen LogP contribution in [0.2, 0.25) is 0 Å². The molecule has 78 valence electrons. The molecule has 0 amide bonds. The van der Waals surface area contributed by atoms with Crippen molar-refractivity contribution in [3.63, 3.8) is 0 Å². The maximum absolute atomic E-state index is 9.32. The van der Waals surface area contributed by atoms with Crippen LogP contribution in [0.15, 0.2) is 0 Å². The lowest BCUT2D eigenvalue weighted by Gasteiger charge is -2.20. The van der Waals surface area contributed by atoms with Crippen molar-refractivity contribution < 1.29 is 5.11 Å². The first-order valence-electron chi connectivity index (χ1n) is 5.33. The van der Waals surface area contributed by atoms with Crippen LogP contribution in [0, 0.1) is 0 Å². The Morgan fingerprint density at radius 3 is 2.92 bits per heavy atom. The van der Waals surface area contributed by atoms with E-state index in [-0.39, 0.29) is 6.10 Å². The minimum Gasteiger partial charge on any atom is -0.392 e. The van der Waals surface area contributed by atoms with Crippen molar-refractivity contribution in [3.8, 4) is 0 Å². The minimum atomic E-state index is -0.174. The van der Waals surface area contributed by atoms with Gasteiger partial charge >= 0.3 is 0 Å². The Morgan fingerprint density at radius 1 is 1.62 bits per heavy atom. The molecule has 0 aromatic heterocycles. The molecule has 0 aromatic carbocycles. The zero-order chi connectivity index (χ0) is 9.68. The molecular formula is C10H22N2O. The molecule has 2 unspecified atom stereocenters. The Kier molecular flexibility index (Phi) is 4.70. The SMILES string of the molecule is CCC(O)CNCC1CCCN1C. The summed E-state index contributed by atoms with van der Waals surface area (Å²) in [4.78, 5) is 2.39. The molecule has 1 rings (SSSR count). The number of hydrogen-bond acceptors (Lipinski definition) is 3. The molecule has 0 radical (unpaired) electrons. The summed E-state index contributed by atoms with van der Waals surface area (Å²) in [6.45, 7) is 4.99. The van der Waals surface area contributed by atoms with E-state index in [0.717, 1.165) is 19.5 Å². The van der Waals surface area contributed by atoms with Crippen LogP contribution in [-0.2, 0) is 0 Å². The number of nitrogens with zero attached hydrogens (tertiary/aromatic N) is 1. The molecular weight excluding hydrogens is 164 g/mol. The fourth-order valence-corrected chi connectivity index (χ4v) is 1.80. The molecule has 1 aliphatic heterocycles. The van der Waals surface area contributed by atoms with Gasteiger partial charge in [-0.15, -0.1) is 0 Å². The summed E-state index contributed by atoms with van der Waals surface area (Å²) in [5.41, 5.74) is 0. The third-order valence-electron chi connectivity index (χ3n) is 2.90. The van der Waals surface area contributed by atoms with Crippen molar-refractivity contribution in [2.75, 3.05) is 26.7 Å². The number of aliphatic hydroxyl groups excluding tert-OH is 1. The molecule has 0 spiro atoms. The lowest BCUT2D eigenvalue weighted by atomic mass is 10.2. The first kappa shape index (κ1) is 11.0. The van der Waals surface area contributed by atoms with Crippen LogP contribution in [0.25, 0.3) is 0 Å². The molecule has 2 N–H and O–H groups in total. The molecule has 13 heavy (non-hydrogen) atoms. The molecule has 0 aliphatic carbocycles. The molecule has 1 saturated heterocycles. The van der Waals surface area contributed by atoms with Gasteiger partial charge in [0.2, 0.25) is 0 Å². The van der Waals surface area contributed by atoms with Crippen LogP contribution >= 0.6 is 0 Å². The largest absolute Gasteiger partial charge is 0.392 e. The number of likely N-dealkylation sites (N-methyl/N-ethyl adjacent to an activating group) is 1. The number of hydrogen-bond donors (Lipinski definition) is 2. The van der Waals surface area contributed by atoms with Crippen LogP contribution in [0.3, 0.4) is 0 Å². The second-order valence-electron chi connectivity index (χ2n) is 4.00. The van der Waals surface area contributed by atoms with Crippen LogP contribution in [-0.4, -0.2) is 48.8 Å². The van der Waals surface area contributed by atoms with Gasteiger partial charge in [0.25, 0.3) is 0 Å². The summed E-state index contributed by atoms with van der Waals surface area (Å²) in [7, 11) is 2.18. The van der Waals surface area contributed by atoms with Crippen LogP contribution in [0.5, 0.6) is 0 Å². The summed E-state index contributed by atoms with van der Waals surface area (Å²) < 4.78 is 0. The number of nitrogens with one attached hydrogen (secondary N) is 1. The highest BCUT2D eigenvalue weighted by Crippen LogP contribution is 2.13. The van der Waals surface area contributed by atoms with Crippen molar-refractivity contribution >= 4 is 0 Å². The van der Waals surface area contributed by atoms with Gasteiger partial charge in [-0.2, -0.15) is 0 Å². The quantitative estimate of drug-likeness (QED) is 0.654. The molecule has 0 aromatic rings. The molecule has 1 fully saturated rings. The van der Waals surface area contributed by atoms with Crippen molar-refractivity contribution in [1.29, 1.82) is 0 Å². The second-order valence-corrected chi connectivity index (χ2v) is 4.00. The number of aliphatic hydroxyl groups is 1. The first-order chi connectivity index (χ1) is 6.24. The van der Waals surface area contributed by atoms with E-state index in [4.69, 9.17) is 0 Å². The zero-order valence-electron chi connectivity index (χ0n) is 8.79. The van der Waals surface area contributed by atoms with E-state index in [2.05, 4.69) is 17.3 Å². The number of rotatable bonds is 5. The topological polar surface area (TPSA) is 35.5 Å². The summed E-state index contributed by atoms with van der Waals surface area (Å²) in [6, 6.07) is 0.684. The Balaban J connectivity index is 2.05. The molecule has 3 nitrogen and oxygen atoms in total. The Hall–Kier alpha value is -0.120. The van der Waals surface area contributed by atoms with Crippen molar-refractivity contribution in [1.82, 2.24) is 10.2 Å². The molecule has 0 bridgehead atoms. The number of likely N-dealkylation sites (tertiary alicyclic amines) is 1. The van der Waals surface area contributed by atoms with Crippen molar-refractivity contribution in [2.24, 2.45) is 0 Å². The van der Waals surface area contributed by atoms with Gasteiger partial charge in [0, 0.05) is 19.1 Å². The third-order valence-corrected chi connectivity index (χ3v) is 2.90. The summed E-state index contributed by atoms with van der Waals surface area (Å²) in [5, 5.41) is 12.6. The van der Waals surface area contributed by atoms with E-state index in [1.54, 1.807) is 0 Å². The highest BCUT2D eigenvalue weighted by atomic mass is 16.3. The van der Waals surface area contributed by atoms with Crippen molar-refractivity contribution in [2.45, 2.75) is 38.3 Å². The molecule has 1 aliphatic rings. The predicted octanol–water partition coefficient (Wildman–Crippen LogP) is 0.441. The molecule has 2 atom stereocenters. The van der Waals surface area contributed by atoms with E-state index >= 15 is 0 Å². The maximum atomic E-state index is 9.32. The summed E-state index contributed by atoms with van der Waals surface area (Å²) >= 11 is 0. The first-order valence-corrected chi connectivity index (χ1v) is 5.33. The molecule has 3 heteroatoms. The predicted molar refractivity (Wildman–Crippen MR) is 54.8 cm³/mol. The van der Waals surface area contributed by atoms with Gasteiger partial charge in [-0.3, -0.25) is 0 Å². The highest BCUT2D eigenvalue weighted by Gasteiger charge is 2.19. The van der Waals surface area contributed by atoms with Crippen LogP contribution in [0.1, 0.15) is 26.2 Å². The van der Waals surface area contributed by atoms with Gasteiger partial charge in [0.05, 0.1) is 6.10 Å². The molecule has 1 heterocycles. The van der Waals surface area contributed by atoms with Gasteiger partial charge in [-0.25, -0.2) is 0 Å². The monoisotopic (exact) mass is 186 g/mol. The highest BCUT2D eigenvalue weighted by molar-refractivity contribution is 4.78. The molecule has 0 saturated carbocycles. The average Bonchev–Trinajstić information content (AvgIpc) is 2.52. The zero-order valence-corrected chi connectivity index (χ0v) is 8.79. The van der Waals surface area contributed by atoms with E-state index in [1.165, 1.54) is 19.4 Å². The minimum absolute atomic E-state index is 0.174. The van der Waals surface area contributed by atoms with E-state index < -0.39 is 0 Å². The Labute approximate surface area is 81.1 Å². The lowest BCUT2D eigenvalue weighted by molar-refractivity contribution is 0.163. The van der Waals surface area contributed by atoms with Crippen LogP contribution < -0.4 is 5.32 Å². The third kappa shape index (κ3) is 3.63. The maximum Gasteiger partial charge on any atom is 0.0662 e. The van der Waals surface area contributed by atoms with Gasteiger partial charge in [-0.05, 0) is 32.9 Å². The van der Waals surface area contributed by atoms with Crippen molar-refractivity contribution in [3.05, 3.63) is 0 Å². The van der Waals surface area contributed by atoms with Gasteiger partial charge < -0.3 is 15.3 Å². The summed E-state index contributed by atoms with van der Waals surface area (Å²) in [5.74, 6) is 0. The fraction of sp³-hybridized carbons (Fsp3) is 1.00. The van der Waals surface area contributed by atoms with E-state index in [0.29, 0.717) is 6.04 Å². The fourth-order valence-electron chi connectivity index (χ4n) is 1.80. The van der Waals surface area contributed by atoms with Gasteiger partial charge in [-0.1, -0.05) is 6.92 Å². The van der Waals surface area contributed by atoms with E-state index in [9.17, 15) is 5.11 Å².